The first kappa shape index (κ1) is 10.1. The van der Waals surface area contributed by atoms with Gasteiger partial charge in [0.2, 0.25) is 11.0 Å². The minimum Gasteiger partial charge on any atom is -0.320 e. The summed E-state index contributed by atoms with van der Waals surface area (Å²) in [6.45, 7) is 3.63. The van der Waals surface area contributed by atoms with Crippen LogP contribution in [0.5, 0.6) is 0 Å². The lowest BCUT2D eigenvalue weighted by Gasteiger charge is -2.06. The zero-order chi connectivity index (χ0) is 9.84. The van der Waals surface area contributed by atoms with Crippen molar-refractivity contribution in [3.63, 3.8) is 0 Å². The average molecular weight is 200 g/mol. The molecular formula is C7H12N4OS. The molecule has 13 heavy (non-hydrogen) atoms. The minimum atomic E-state index is -0.468. The number of carbonyl (C=O) groups excluding carboxylic acids is 1. The van der Waals surface area contributed by atoms with E-state index in [9.17, 15) is 4.79 Å². The van der Waals surface area contributed by atoms with E-state index in [2.05, 4.69) is 14.7 Å². The summed E-state index contributed by atoms with van der Waals surface area (Å²) in [4.78, 5) is 15.2. The van der Waals surface area contributed by atoms with Gasteiger partial charge in [-0.25, -0.2) is 4.98 Å². The third-order valence-electron chi connectivity index (χ3n) is 1.53. The highest BCUT2D eigenvalue weighted by atomic mass is 32.1. The Morgan fingerprint density at radius 2 is 2.46 bits per heavy atom. The lowest BCUT2D eigenvalue weighted by Crippen LogP contribution is -2.34. The molecule has 1 amide bonds. The lowest BCUT2D eigenvalue weighted by atomic mass is 10.2. The maximum absolute atomic E-state index is 11.3. The predicted octanol–water partition coefficient (Wildman–Crippen LogP) is 0.522. The number of aryl methyl sites for hydroxylation is 1. The van der Waals surface area contributed by atoms with Crippen LogP contribution in [0.3, 0.4) is 0 Å². The van der Waals surface area contributed by atoms with Crippen molar-refractivity contribution in [3.8, 4) is 0 Å². The second kappa shape index (κ2) is 4.29. The van der Waals surface area contributed by atoms with Crippen molar-refractivity contribution in [1.82, 2.24) is 9.36 Å². The molecule has 0 aliphatic heterocycles. The van der Waals surface area contributed by atoms with E-state index in [-0.39, 0.29) is 5.91 Å². The monoisotopic (exact) mass is 200 g/mol. The summed E-state index contributed by atoms with van der Waals surface area (Å²) in [5.74, 6) is 0.448. The predicted molar refractivity (Wildman–Crippen MR) is 51.5 cm³/mol. The molecule has 1 atom stereocenters. The first-order chi connectivity index (χ1) is 6.13. The zero-order valence-electron chi connectivity index (χ0n) is 7.57. The van der Waals surface area contributed by atoms with Gasteiger partial charge in [-0.2, -0.15) is 4.37 Å². The Morgan fingerprint density at radius 1 is 1.77 bits per heavy atom. The topological polar surface area (TPSA) is 80.9 Å². The summed E-state index contributed by atoms with van der Waals surface area (Å²) >= 11 is 1.16. The second-order valence-corrected chi connectivity index (χ2v) is 3.40. The molecule has 0 aliphatic carbocycles. The number of nitrogens with zero attached hydrogens (tertiary/aromatic N) is 2. The fraction of sp³-hybridized carbons (Fsp3) is 0.571. The number of amides is 1. The van der Waals surface area contributed by atoms with Crippen molar-refractivity contribution in [2.24, 2.45) is 5.73 Å². The summed E-state index contributed by atoms with van der Waals surface area (Å²) in [6.07, 6.45) is 0.615. The zero-order valence-corrected chi connectivity index (χ0v) is 8.39. The molecule has 1 heterocycles. The maximum Gasteiger partial charge on any atom is 0.243 e. The molecule has 0 bridgehead atoms. The van der Waals surface area contributed by atoms with E-state index >= 15 is 0 Å². The number of aromatic nitrogens is 2. The SMILES string of the molecule is CC[C@@H](N)C(=O)Nc1nc(C)ns1. The van der Waals surface area contributed by atoms with Gasteiger partial charge < -0.3 is 5.73 Å². The quantitative estimate of drug-likeness (QED) is 0.745. The van der Waals surface area contributed by atoms with Gasteiger partial charge in [-0.1, -0.05) is 6.92 Å². The summed E-state index contributed by atoms with van der Waals surface area (Å²) in [5, 5.41) is 3.10. The van der Waals surface area contributed by atoms with Crippen LogP contribution in [0.15, 0.2) is 0 Å². The highest BCUT2D eigenvalue weighted by molar-refractivity contribution is 7.09. The first-order valence-electron chi connectivity index (χ1n) is 4.00. The Balaban J connectivity index is 2.54. The second-order valence-electron chi connectivity index (χ2n) is 2.65. The van der Waals surface area contributed by atoms with Crippen LogP contribution in [0.4, 0.5) is 5.13 Å². The Labute approximate surface area is 80.5 Å². The molecule has 0 saturated carbocycles. The fourth-order valence-corrected chi connectivity index (χ4v) is 1.31. The van der Waals surface area contributed by atoms with Gasteiger partial charge >= 0.3 is 0 Å². The Hall–Kier alpha value is -1.01. The number of carbonyl (C=O) groups is 1. The lowest BCUT2D eigenvalue weighted by molar-refractivity contribution is -0.117. The molecule has 0 radical (unpaired) electrons. The van der Waals surface area contributed by atoms with Gasteiger partial charge in [-0.15, -0.1) is 0 Å². The average Bonchev–Trinajstić information content (AvgIpc) is 2.49. The van der Waals surface area contributed by atoms with Crippen LogP contribution >= 0.6 is 11.5 Å². The number of hydrogen-bond acceptors (Lipinski definition) is 5. The summed E-state index contributed by atoms with van der Waals surface area (Å²) in [6, 6.07) is -0.468. The van der Waals surface area contributed by atoms with Crippen LogP contribution in [-0.4, -0.2) is 21.3 Å². The molecule has 1 rings (SSSR count). The van der Waals surface area contributed by atoms with Crippen LogP contribution < -0.4 is 11.1 Å². The third kappa shape index (κ3) is 2.74. The number of nitrogens with one attached hydrogen (secondary N) is 1. The Kier molecular flexibility index (Phi) is 3.32. The number of anilines is 1. The van der Waals surface area contributed by atoms with Crippen molar-refractivity contribution < 1.29 is 4.79 Å². The summed E-state index contributed by atoms with van der Waals surface area (Å²) in [7, 11) is 0. The molecule has 72 valence electrons. The van der Waals surface area contributed by atoms with Gasteiger partial charge in [0, 0.05) is 11.5 Å². The molecule has 0 aliphatic rings. The standard InChI is InChI=1S/C7H12N4OS/c1-3-5(8)6(12)10-7-9-4(2)11-13-7/h5H,3,8H2,1-2H3,(H,9,10,11,12)/t5-/m1/s1. The normalized spacial score (nSPS) is 12.5. The summed E-state index contributed by atoms with van der Waals surface area (Å²) < 4.78 is 3.93. The van der Waals surface area contributed by atoms with Crippen LogP contribution in [0.2, 0.25) is 0 Å². The van der Waals surface area contributed by atoms with Crippen LogP contribution in [0.25, 0.3) is 0 Å². The molecule has 0 unspecified atom stereocenters. The molecule has 0 aromatic carbocycles. The van der Waals surface area contributed by atoms with Crippen molar-refractivity contribution >= 4 is 22.6 Å². The maximum atomic E-state index is 11.3. The molecule has 6 heteroatoms. The largest absolute Gasteiger partial charge is 0.320 e. The molecule has 0 spiro atoms. The molecule has 0 saturated heterocycles. The number of nitrogens with two attached hydrogens (primary N) is 1. The molecular weight excluding hydrogens is 188 g/mol. The van der Waals surface area contributed by atoms with E-state index < -0.39 is 6.04 Å². The van der Waals surface area contributed by atoms with E-state index in [0.717, 1.165) is 11.5 Å². The molecule has 1 aromatic rings. The van der Waals surface area contributed by atoms with E-state index in [0.29, 0.717) is 17.4 Å². The fourth-order valence-electron chi connectivity index (χ4n) is 0.731. The highest BCUT2D eigenvalue weighted by Crippen LogP contribution is 2.10. The third-order valence-corrected chi connectivity index (χ3v) is 2.26. The molecule has 1 aromatic heterocycles. The van der Waals surface area contributed by atoms with Crippen molar-refractivity contribution in [1.29, 1.82) is 0 Å². The van der Waals surface area contributed by atoms with Crippen LogP contribution in [-0.2, 0) is 4.79 Å². The smallest absolute Gasteiger partial charge is 0.243 e. The van der Waals surface area contributed by atoms with Crippen molar-refractivity contribution in [3.05, 3.63) is 5.82 Å². The Morgan fingerprint density at radius 3 is 2.92 bits per heavy atom. The van der Waals surface area contributed by atoms with Gasteiger partial charge in [-0.05, 0) is 13.3 Å². The van der Waals surface area contributed by atoms with Crippen molar-refractivity contribution in [2.75, 3.05) is 5.32 Å². The Bertz CT molecular complexity index is 298. The first-order valence-corrected chi connectivity index (χ1v) is 4.77. The van der Waals surface area contributed by atoms with E-state index in [1.165, 1.54) is 0 Å². The van der Waals surface area contributed by atoms with Gasteiger partial charge in [0.05, 0.1) is 6.04 Å². The van der Waals surface area contributed by atoms with Gasteiger partial charge in [0.1, 0.15) is 5.82 Å². The van der Waals surface area contributed by atoms with E-state index in [1.54, 1.807) is 6.92 Å². The van der Waals surface area contributed by atoms with Crippen LogP contribution in [0, 0.1) is 6.92 Å². The summed E-state index contributed by atoms with van der Waals surface area (Å²) in [5.41, 5.74) is 5.52. The van der Waals surface area contributed by atoms with Gasteiger partial charge in [-0.3, -0.25) is 10.1 Å². The van der Waals surface area contributed by atoms with Gasteiger partial charge in [0.15, 0.2) is 0 Å². The van der Waals surface area contributed by atoms with Gasteiger partial charge in [0.25, 0.3) is 0 Å². The van der Waals surface area contributed by atoms with Crippen LogP contribution in [0.1, 0.15) is 19.2 Å². The molecule has 3 N–H and O–H groups in total. The number of rotatable bonds is 3. The van der Waals surface area contributed by atoms with Crippen molar-refractivity contribution in [2.45, 2.75) is 26.3 Å². The molecule has 5 nitrogen and oxygen atoms in total. The molecule has 0 fully saturated rings. The highest BCUT2D eigenvalue weighted by Gasteiger charge is 2.12. The van der Waals surface area contributed by atoms with E-state index in [4.69, 9.17) is 5.73 Å². The van der Waals surface area contributed by atoms with E-state index in [1.807, 2.05) is 6.92 Å². The minimum absolute atomic E-state index is 0.210. The number of hydrogen-bond donors (Lipinski definition) is 2.